The van der Waals surface area contributed by atoms with E-state index < -0.39 is 0 Å². The Labute approximate surface area is 122 Å². The van der Waals surface area contributed by atoms with Crippen molar-refractivity contribution in [2.24, 2.45) is 5.73 Å². The number of hydrogen-bond donors (Lipinski definition) is 1. The first-order valence-electron chi connectivity index (χ1n) is 7.90. The fourth-order valence-corrected chi connectivity index (χ4v) is 3.83. The molecule has 2 aliphatic heterocycles. The number of fused-ring (bicyclic) bond motifs is 1. The van der Waals surface area contributed by atoms with Gasteiger partial charge in [-0.1, -0.05) is 6.07 Å². The topological polar surface area (TPSA) is 45.4 Å². The average Bonchev–Trinajstić information content (AvgIpc) is 2.78. The van der Waals surface area contributed by atoms with Crippen LogP contribution in [-0.4, -0.2) is 53.0 Å². The van der Waals surface area contributed by atoms with Gasteiger partial charge in [0.05, 0.1) is 11.7 Å². The molecule has 1 aromatic heterocycles. The van der Waals surface area contributed by atoms with Crippen LogP contribution in [0.2, 0.25) is 0 Å². The normalized spacial score (nSPS) is 27.8. The van der Waals surface area contributed by atoms with Crippen LogP contribution in [0, 0.1) is 0 Å². The van der Waals surface area contributed by atoms with E-state index in [9.17, 15) is 0 Å². The molecule has 0 aliphatic carbocycles. The molecular weight excluding hydrogens is 248 g/mol. The number of pyridine rings is 1. The van der Waals surface area contributed by atoms with Gasteiger partial charge in [0.25, 0.3) is 0 Å². The van der Waals surface area contributed by atoms with Gasteiger partial charge in [0, 0.05) is 31.4 Å². The van der Waals surface area contributed by atoms with Gasteiger partial charge in [-0.25, -0.2) is 0 Å². The molecule has 0 aromatic carbocycles. The van der Waals surface area contributed by atoms with Crippen molar-refractivity contribution < 1.29 is 0 Å². The Morgan fingerprint density at radius 1 is 1.25 bits per heavy atom. The Kier molecular flexibility index (Phi) is 4.34. The zero-order chi connectivity index (χ0) is 13.9. The number of hydrogen-bond acceptors (Lipinski definition) is 4. The molecule has 0 radical (unpaired) electrons. The summed E-state index contributed by atoms with van der Waals surface area (Å²) in [5.74, 6) is 0. The summed E-state index contributed by atoms with van der Waals surface area (Å²) in [6.07, 6.45) is 5.81. The Hall–Kier alpha value is -0.970. The summed E-state index contributed by atoms with van der Waals surface area (Å²) in [6, 6.07) is 7.24. The van der Waals surface area contributed by atoms with Gasteiger partial charge in [-0.15, -0.1) is 0 Å². The maximum Gasteiger partial charge on any atom is 0.0671 e. The van der Waals surface area contributed by atoms with E-state index in [2.05, 4.69) is 33.8 Å². The monoisotopic (exact) mass is 274 g/mol. The van der Waals surface area contributed by atoms with Crippen LogP contribution in [0.3, 0.4) is 0 Å². The van der Waals surface area contributed by atoms with Crippen LogP contribution in [0.25, 0.3) is 0 Å². The molecule has 110 valence electrons. The summed E-state index contributed by atoms with van der Waals surface area (Å²) in [5.41, 5.74) is 7.41. The smallest absolute Gasteiger partial charge is 0.0671 e. The van der Waals surface area contributed by atoms with Crippen molar-refractivity contribution in [3.8, 4) is 0 Å². The molecule has 3 heterocycles. The number of rotatable bonds is 3. The highest BCUT2D eigenvalue weighted by molar-refractivity contribution is 5.11. The molecule has 2 fully saturated rings. The lowest BCUT2D eigenvalue weighted by Crippen LogP contribution is -2.44. The van der Waals surface area contributed by atoms with Crippen LogP contribution < -0.4 is 5.73 Å². The van der Waals surface area contributed by atoms with Gasteiger partial charge >= 0.3 is 0 Å². The molecule has 0 bridgehead atoms. The largest absolute Gasteiger partial charge is 0.326 e. The molecule has 3 unspecified atom stereocenters. The van der Waals surface area contributed by atoms with Crippen LogP contribution in [0.5, 0.6) is 0 Å². The predicted molar refractivity (Wildman–Crippen MR) is 81.4 cm³/mol. The minimum Gasteiger partial charge on any atom is -0.326 e. The third kappa shape index (κ3) is 2.87. The highest BCUT2D eigenvalue weighted by Gasteiger charge is 2.33. The fraction of sp³-hybridized carbons (Fsp3) is 0.688. The molecule has 3 rings (SSSR count). The van der Waals surface area contributed by atoms with Gasteiger partial charge in [-0.05, 0) is 51.4 Å². The molecular formula is C16H26N4. The quantitative estimate of drug-likeness (QED) is 0.910. The lowest BCUT2D eigenvalue weighted by molar-refractivity contribution is 0.154. The Morgan fingerprint density at radius 3 is 2.85 bits per heavy atom. The van der Waals surface area contributed by atoms with E-state index in [1.807, 2.05) is 12.3 Å². The molecule has 3 atom stereocenters. The first-order chi connectivity index (χ1) is 9.75. The van der Waals surface area contributed by atoms with Crippen molar-refractivity contribution in [3.63, 3.8) is 0 Å². The summed E-state index contributed by atoms with van der Waals surface area (Å²) in [7, 11) is 0. The molecule has 1 aromatic rings. The van der Waals surface area contributed by atoms with E-state index in [1.54, 1.807) is 0 Å². The van der Waals surface area contributed by atoms with Crippen LogP contribution >= 0.6 is 0 Å². The van der Waals surface area contributed by atoms with Gasteiger partial charge < -0.3 is 5.73 Å². The van der Waals surface area contributed by atoms with Crippen molar-refractivity contribution >= 4 is 0 Å². The molecule has 0 amide bonds. The molecule has 20 heavy (non-hydrogen) atoms. The van der Waals surface area contributed by atoms with Crippen molar-refractivity contribution in [1.29, 1.82) is 0 Å². The number of nitrogens with zero attached hydrogens (tertiary/aromatic N) is 3. The first kappa shape index (κ1) is 14.0. The second-order valence-corrected chi connectivity index (χ2v) is 6.24. The Balaban J connectivity index is 1.80. The summed E-state index contributed by atoms with van der Waals surface area (Å²) < 4.78 is 0. The molecule has 0 saturated carbocycles. The standard InChI is InChI=1S/C16H26N4/c1-13(17)16(15-7-2-3-8-18-15)20-11-5-10-19-9-4-6-14(19)12-20/h2-3,7-8,13-14,16H,4-6,9-12,17H2,1H3. The average molecular weight is 274 g/mol. The van der Waals surface area contributed by atoms with E-state index in [1.165, 1.54) is 32.4 Å². The highest BCUT2D eigenvalue weighted by Crippen LogP contribution is 2.28. The maximum absolute atomic E-state index is 6.29. The zero-order valence-electron chi connectivity index (χ0n) is 12.4. The van der Waals surface area contributed by atoms with Crippen molar-refractivity contribution in [2.45, 2.75) is 44.3 Å². The zero-order valence-corrected chi connectivity index (χ0v) is 12.4. The molecule has 4 heteroatoms. The summed E-state index contributed by atoms with van der Waals surface area (Å²) in [5, 5.41) is 0. The summed E-state index contributed by atoms with van der Waals surface area (Å²) in [6.45, 7) is 6.91. The molecule has 0 spiro atoms. The second kappa shape index (κ2) is 6.20. The summed E-state index contributed by atoms with van der Waals surface area (Å²) >= 11 is 0. The van der Waals surface area contributed by atoms with E-state index in [-0.39, 0.29) is 12.1 Å². The molecule has 4 nitrogen and oxygen atoms in total. The van der Waals surface area contributed by atoms with Crippen LogP contribution in [0.1, 0.15) is 37.9 Å². The summed E-state index contributed by atoms with van der Waals surface area (Å²) in [4.78, 5) is 9.79. The van der Waals surface area contributed by atoms with Crippen molar-refractivity contribution in [3.05, 3.63) is 30.1 Å². The minimum atomic E-state index is 0.109. The van der Waals surface area contributed by atoms with Crippen molar-refractivity contribution in [2.75, 3.05) is 26.2 Å². The highest BCUT2D eigenvalue weighted by atomic mass is 15.3. The van der Waals surface area contributed by atoms with Gasteiger partial charge in [-0.3, -0.25) is 14.8 Å². The van der Waals surface area contributed by atoms with Crippen LogP contribution in [-0.2, 0) is 0 Å². The molecule has 2 N–H and O–H groups in total. The number of aromatic nitrogens is 1. The first-order valence-corrected chi connectivity index (χ1v) is 7.90. The maximum atomic E-state index is 6.29. The minimum absolute atomic E-state index is 0.109. The third-order valence-electron chi connectivity index (χ3n) is 4.72. The van der Waals surface area contributed by atoms with E-state index in [0.717, 1.165) is 24.8 Å². The molecule has 2 aliphatic rings. The SMILES string of the molecule is CC(N)C(c1ccccn1)N1CCCN2CCCC2C1. The van der Waals surface area contributed by atoms with E-state index >= 15 is 0 Å². The second-order valence-electron chi connectivity index (χ2n) is 6.24. The van der Waals surface area contributed by atoms with Gasteiger partial charge in [0.1, 0.15) is 0 Å². The lowest BCUT2D eigenvalue weighted by Gasteiger charge is -2.34. The van der Waals surface area contributed by atoms with Crippen LogP contribution in [0.15, 0.2) is 24.4 Å². The Bertz CT molecular complexity index is 420. The fourth-order valence-electron chi connectivity index (χ4n) is 3.83. The van der Waals surface area contributed by atoms with Crippen LogP contribution in [0.4, 0.5) is 0 Å². The van der Waals surface area contributed by atoms with E-state index in [4.69, 9.17) is 5.73 Å². The Morgan fingerprint density at radius 2 is 2.10 bits per heavy atom. The van der Waals surface area contributed by atoms with E-state index in [0.29, 0.717) is 0 Å². The lowest BCUT2D eigenvalue weighted by atomic mass is 10.0. The van der Waals surface area contributed by atoms with Gasteiger partial charge in [-0.2, -0.15) is 0 Å². The molecule has 2 saturated heterocycles. The van der Waals surface area contributed by atoms with Crippen molar-refractivity contribution in [1.82, 2.24) is 14.8 Å². The van der Waals surface area contributed by atoms with Gasteiger partial charge in [0.2, 0.25) is 0 Å². The third-order valence-corrected chi connectivity index (χ3v) is 4.72. The predicted octanol–water partition coefficient (Wildman–Crippen LogP) is 1.64. The van der Waals surface area contributed by atoms with Gasteiger partial charge in [0.15, 0.2) is 0 Å². The number of nitrogens with two attached hydrogens (primary N) is 1.